The van der Waals surface area contributed by atoms with Crippen LogP contribution in [0.3, 0.4) is 0 Å². The summed E-state index contributed by atoms with van der Waals surface area (Å²) in [5.41, 5.74) is 1.29. The summed E-state index contributed by atoms with van der Waals surface area (Å²) in [6.45, 7) is 1.98. The molecule has 0 aliphatic carbocycles. The Morgan fingerprint density at radius 3 is 2.56 bits per heavy atom. The van der Waals surface area contributed by atoms with Crippen molar-refractivity contribution in [3.05, 3.63) is 18.2 Å². The van der Waals surface area contributed by atoms with E-state index in [1.807, 2.05) is 19.0 Å². The number of benzene rings is 1. The van der Waals surface area contributed by atoms with E-state index in [1.165, 1.54) is 20.2 Å². The average molecular weight is 369 g/mol. The minimum absolute atomic E-state index is 0.0885. The molecule has 7 nitrogen and oxygen atoms in total. The smallest absolute Gasteiger partial charge is 0.242 e. The van der Waals surface area contributed by atoms with Gasteiger partial charge in [0.1, 0.15) is 0 Å². The third-order valence-corrected chi connectivity index (χ3v) is 6.26. The second-order valence-electron chi connectivity index (χ2n) is 6.81. The number of nitrogens with zero attached hydrogens (tertiary/aromatic N) is 2. The lowest BCUT2D eigenvalue weighted by atomic mass is 10.0. The van der Waals surface area contributed by atoms with Gasteiger partial charge in [0.25, 0.3) is 0 Å². The molecule has 1 aromatic carbocycles. The molecule has 0 bridgehead atoms. The molecule has 1 saturated heterocycles. The van der Waals surface area contributed by atoms with Crippen LogP contribution in [0.15, 0.2) is 23.1 Å². The standard InChI is InChI=1S/C17H28N4O3S/c1-20(2)16-7-6-14(25(23,24)21(3)4)11-15(16)19-17(22)8-5-13-9-10-18-12-13/h6-7,11,13,18H,5,8-10,12H2,1-4H3,(H,19,22). The van der Waals surface area contributed by atoms with Crippen LogP contribution in [0.4, 0.5) is 11.4 Å². The SMILES string of the molecule is CN(C)c1ccc(S(=O)(=O)N(C)C)cc1NC(=O)CCC1CCNC1. The predicted octanol–water partition coefficient (Wildman–Crippen LogP) is 1.33. The second-order valence-corrected chi connectivity index (χ2v) is 8.96. The largest absolute Gasteiger partial charge is 0.376 e. The van der Waals surface area contributed by atoms with Crippen LogP contribution in [0.1, 0.15) is 19.3 Å². The molecule has 1 aliphatic heterocycles. The number of rotatable bonds is 7. The maximum atomic E-state index is 12.3. The lowest BCUT2D eigenvalue weighted by molar-refractivity contribution is -0.116. The second kappa shape index (κ2) is 8.16. The molecule has 1 fully saturated rings. The van der Waals surface area contributed by atoms with Gasteiger partial charge in [0.05, 0.1) is 16.3 Å². The van der Waals surface area contributed by atoms with Gasteiger partial charge in [-0.25, -0.2) is 12.7 Å². The van der Waals surface area contributed by atoms with Crippen molar-refractivity contribution in [1.82, 2.24) is 9.62 Å². The molecule has 1 heterocycles. The molecule has 25 heavy (non-hydrogen) atoms. The Labute approximate surface area is 150 Å². The first kappa shape index (κ1) is 19.7. The molecule has 2 rings (SSSR count). The monoisotopic (exact) mass is 368 g/mol. The predicted molar refractivity (Wildman–Crippen MR) is 100 cm³/mol. The molecular formula is C17H28N4O3S. The van der Waals surface area contributed by atoms with Gasteiger partial charge >= 0.3 is 0 Å². The maximum Gasteiger partial charge on any atom is 0.242 e. The van der Waals surface area contributed by atoms with Crippen LogP contribution in [0.2, 0.25) is 0 Å². The van der Waals surface area contributed by atoms with Gasteiger partial charge in [-0.1, -0.05) is 0 Å². The molecule has 1 amide bonds. The molecule has 0 spiro atoms. The summed E-state index contributed by atoms with van der Waals surface area (Å²) in [5, 5.41) is 6.18. The number of carbonyl (C=O) groups excluding carboxylic acids is 1. The van der Waals surface area contributed by atoms with Crippen LogP contribution in [-0.2, 0) is 14.8 Å². The fraction of sp³-hybridized carbons (Fsp3) is 0.588. The van der Waals surface area contributed by atoms with E-state index in [-0.39, 0.29) is 10.8 Å². The highest BCUT2D eigenvalue weighted by molar-refractivity contribution is 7.89. The quantitative estimate of drug-likeness (QED) is 0.759. The third-order valence-electron chi connectivity index (χ3n) is 4.44. The number of nitrogens with one attached hydrogen (secondary N) is 2. The molecule has 0 aromatic heterocycles. The topological polar surface area (TPSA) is 81.8 Å². The average Bonchev–Trinajstić information content (AvgIpc) is 3.05. The van der Waals surface area contributed by atoms with Crippen molar-refractivity contribution in [2.24, 2.45) is 5.92 Å². The van der Waals surface area contributed by atoms with Crippen molar-refractivity contribution in [2.45, 2.75) is 24.2 Å². The fourth-order valence-corrected chi connectivity index (χ4v) is 3.81. The minimum atomic E-state index is -3.55. The van der Waals surface area contributed by atoms with E-state index in [4.69, 9.17) is 0 Å². The van der Waals surface area contributed by atoms with Crippen molar-refractivity contribution in [2.75, 3.05) is 51.5 Å². The molecule has 1 aromatic rings. The number of carbonyl (C=O) groups is 1. The van der Waals surface area contributed by atoms with Gasteiger partial charge in [-0.15, -0.1) is 0 Å². The molecule has 1 unspecified atom stereocenters. The van der Waals surface area contributed by atoms with Crippen molar-refractivity contribution in [3.63, 3.8) is 0 Å². The summed E-state index contributed by atoms with van der Waals surface area (Å²) < 4.78 is 25.8. The van der Waals surface area contributed by atoms with Gasteiger partial charge in [-0.05, 0) is 50.0 Å². The minimum Gasteiger partial charge on any atom is -0.376 e. The van der Waals surface area contributed by atoms with E-state index in [9.17, 15) is 13.2 Å². The molecular weight excluding hydrogens is 340 g/mol. The Morgan fingerprint density at radius 1 is 1.28 bits per heavy atom. The van der Waals surface area contributed by atoms with Crippen LogP contribution in [0, 0.1) is 5.92 Å². The van der Waals surface area contributed by atoms with Gasteiger partial charge in [-0.3, -0.25) is 4.79 Å². The highest BCUT2D eigenvalue weighted by Crippen LogP contribution is 2.29. The Balaban J connectivity index is 2.17. The van der Waals surface area contributed by atoms with E-state index in [1.54, 1.807) is 12.1 Å². The number of hydrogen-bond acceptors (Lipinski definition) is 5. The zero-order valence-corrected chi connectivity index (χ0v) is 16.2. The van der Waals surface area contributed by atoms with E-state index >= 15 is 0 Å². The van der Waals surface area contributed by atoms with E-state index < -0.39 is 10.0 Å². The number of hydrogen-bond donors (Lipinski definition) is 2. The first-order chi connectivity index (χ1) is 11.7. The fourth-order valence-electron chi connectivity index (χ4n) is 2.89. The molecule has 1 atom stereocenters. The summed E-state index contributed by atoms with van der Waals surface area (Å²) in [7, 11) is 3.14. The molecule has 140 valence electrons. The Morgan fingerprint density at radius 2 is 2.00 bits per heavy atom. The lowest BCUT2D eigenvalue weighted by Gasteiger charge is -2.20. The summed E-state index contributed by atoms with van der Waals surface area (Å²) in [6.07, 6.45) is 2.38. The van der Waals surface area contributed by atoms with Crippen LogP contribution in [0.25, 0.3) is 0 Å². The van der Waals surface area contributed by atoms with Crippen molar-refractivity contribution < 1.29 is 13.2 Å². The summed E-state index contributed by atoms with van der Waals surface area (Å²) >= 11 is 0. The van der Waals surface area contributed by atoms with Gasteiger partial charge in [0.15, 0.2) is 0 Å². The van der Waals surface area contributed by atoms with Crippen LogP contribution >= 0.6 is 0 Å². The molecule has 0 saturated carbocycles. The molecule has 2 N–H and O–H groups in total. The Bertz CT molecular complexity index is 711. The summed E-state index contributed by atoms with van der Waals surface area (Å²) in [4.78, 5) is 14.3. The zero-order valence-electron chi connectivity index (χ0n) is 15.4. The van der Waals surface area contributed by atoms with Gasteiger partial charge in [0, 0.05) is 34.6 Å². The first-order valence-corrected chi connectivity index (χ1v) is 9.90. The van der Waals surface area contributed by atoms with Gasteiger partial charge < -0.3 is 15.5 Å². The highest BCUT2D eigenvalue weighted by Gasteiger charge is 2.21. The summed E-state index contributed by atoms with van der Waals surface area (Å²) in [6, 6.07) is 4.80. The maximum absolute atomic E-state index is 12.3. The summed E-state index contributed by atoms with van der Waals surface area (Å²) in [5.74, 6) is 0.453. The zero-order chi connectivity index (χ0) is 18.6. The molecule has 0 radical (unpaired) electrons. The van der Waals surface area contributed by atoms with Gasteiger partial charge in [-0.2, -0.15) is 0 Å². The number of anilines is 2. The molecule has 8 heteroatoms. The lowest BCUT2D eigenvalue weighted by Crippen LogP contribution is -2.23. The van der Waals surface area contributed by atoms with Crippen LogP contribution < -0.4 is 15.5 Å². The normalized spacial score (nSPS) is 17.7. The third kappa shape index (κ3) is 4.93. The van der Waals surface area contributed by atoms with E-state index in [2.05, 4.69) is 10.6 Å². The Kier molecular flexibility index (Phi) is 6.42. The van der Waals surface area contributed by atoms with E-state index in [0.29, 0.717) is 18.0 Å². The van der Waals surface area contributed by atoms with E-state index in [0.717, 1.165) is 35.9 Å². The van der Waals surface area contributed by atoms with Crippen LogP contribution in [0.5, 0.6) is 0 Å². The Hall–Kier alpha value is -1.64. The van der Waals surface area contributed by atoms with Crippen molar-refractivity contribution >= 4 is 27.3 Å². The number of amides is 1. The van der Waals surface area contributed by atoms with Crippen LogP contribution in [-0.4, -0.2) is 59.9 Å². The molecule has 1 aliphatic rings. The van der Waals surface area contributed by atoms with Crippen molar-refractivity contribution in [3.8, 4) is 0 Å². The van der Waals surface area contributed by atoms with Gasteiger partial charge in [0.2, 0.25) is 15.9 Å². The first-order valence-electron chi connectivity index (χ1n) is 8.46. The highest BCUT2D eigenvalue weighted by atomic mass is 32.2. The van der Waals surface area contributed by atoms with Crippen molar-refractivity contribution in [1.29, 1.82) is 0 Å². The number of sulfonamides is 1.